The summed E-state index contributed by atoms with van der Waals surface area (Å²) in [6.07, 6.45) is 2.55. The first kappa shape index (κ1) is 19.7. The van der Waals surface area contributed by atoms with Crippen molar-refractivity contribution in [2.75, 3.05) is 19.6 Å². The third kappa shape index (κ3) is 3.87. The number of nitrogens with zero attached hydrogens (tertiary/aromatic N) is 3. The fraction of sp³-hybridized carbons (Fsp3) is 0.364. The molecule has 3 heterocycles. The van der Waals surface area contributed by atoms with Gasteiger partial charge < -0.3 is 9.82 Å². The van der Waals surface area contributed by atoms with Gasteiger partial charge in [0, 0.05) is 42.1 Å². The van der Waals surface area contributed by atoms with Crippen LogP contribution in [0.4, 0.5) is 0 Å². The minimum atomic E-state index is -0.0661. The number of H-pyrrole nitrogens is 1. The molecule has 1 N–H and O–H groups in total. The molecule has 0 aliphatic carbocycles. The van der Waals surface area contributed by atoms with E-state index in [9.17, 15) is 4.79 Å². The van der Waals surface area contributed by atoms with Crippen LogP contribution in [-0.2, 0) is 4.84 Å². The number of rotatable bonds is 4. The molecular formula is C22H22Cl2N4O2. The van der Waals surface area contributed by atoms with Crippen molar-refractivity contribution in [3.63, 3.8) is 0 Å². The van der Waals surface area contributed by atoms with E-state index in [-0.39, 0.29) is 17.8 Å². The van der Waals surface area contributed by atoms with Gasteiger partial charge in [-0.25, -0.2) is 4.79 Å². The lowest BCUT2D eigenvalue weighted by Gasteiger charge is -2.32. The van der Waals surface area contributed by atoms with Crippen molar-refractivity contribution in [3.8, 4) is 0 Å². The molecule has 8 heteroatoms. The molecule has 0 saturated carbocycles. The van der Waals surface area contributed by atoms with E-state index in [0.717, 1.165) is 61.2 Å². The highest BCUT2D eigenvalue weighted by atomic mass is 35.5. The third-order valence-electron chi connectivity index (χ3n) is 5.96. The van der Waals surface area contributed by atoms with Crippen LogP contribution in [0.2, 0.25) is 10.0 Å². The van der Waals surface area contributed by atoms with Gasteiger partial charge in [-0.05, 0) is 48.7 Å². The summed E-state index contributed by atoms with van der Waals surface area (Å²) in [5.41, 5.74) is 3.75. The second kappa shape index (κ2) is 8.10. The Hall–Kier alpha value is -2.28. The summed E-state index contributed by atoms with van der Waals surface area (Å²) >= 11 is 12.1. The van der Waals surface area contributed by atoms with Crippen molar-refractivity contribution in [1.82, 2.24) is 14.5 Å². The molecular weight excluding hydrogens is 423 g/mol. The van der Waals surface area contributed by atoms with Gasteiger partial charge in [-0.15, -0.1) is 0 Å². The first-order valence-electron chi connectivity index (χ1n) is 10.2. The number of imidazole rings is 1. The zero-order chi connectivity index (χ0) is 20.7. The maximum Gasteiger partial charge on any atom is 0.326 e. The average molecular weight is 445 g/mol. The normalized spacial score (nSPS) is 20.5. The van der Waals surface area contributed by atoms with E-state index in [1.807, 2.05) is 41.0 Å². The Balaban J connectivity index is 1.20. The van der Waals surface area contributed by atoms with Crippen LogP contribution < -0.4 is 5.69 Å². The molecule has 0 spiro atoms. The maximum absolute atomic E-state index is 12.5. The molecule has 6 nitrogen and oxygen atoms in total. The molecule has 5 rings (SSSR count). The lowest BCUT2D eigenvalue weighted by atomic mass is 10.0. The number of fused-ring (bicyclic) bond motifs is 1. The van der Waals surface area contributed by atoms with Crippen LogP contribution in [0.3, 0.4) is 0 Å². The fourth-order valence-electron chi connectivity index (χ4n) is 4.47. The van der Waals surface area contributed by atoms with E-state index in [4.69, 9.17) is 28.0 Å². The molecule has 0 bridgehead atoms. The molecule has 1 unspecified atom stereocenters. The van der Waals surface area contributed by atoms with Crippen molar-refractivity contribution in [3.05, 3.63) is 68.6 Å². The lowest BCUT2D eigenvalue weighted by molar-refractivity contribution is 0.0856. The molecule has 1 atom stereocenters. The quantitative estimate of drug-likeness (QED) is 0.628. The number of aromatic amines is 1. The van der Waals surface area contributed by atoms with Gasteiger partial charge in [0.15, 0.2) is 6.10 Å². The molecule has 2 aliphatic rings. The standard InChI is InChI=1S/C22H22Cl2N4O2/c23-15-3-1-2-14(10-15)21-12-17(26-30-21)13-27-8-6-18(7-9-27)28-20-5-4-16(24)11-19(20)25-22(28)29/h1-5,10-11,18,21H,6-9,12-13H2,(H,25,29). The number of likely N-dealkylation sites (tertiary alicyclic amines) is 1. The van der Waals surface area contributed by atoms with Gasteiger partial charge in [-0.2, -0.15) is 0 Å². The number of nitrogens with one attached hydrogen (secondary N) is 1. The molecule has 2 aliphatic heterocycles. The van der Waals surface area contributed by atoms with Crippen molar-refractivity contribution in [1.29, 1.82) is 0 Å². The van der Waals surface area contributed by atoms with Gasteiger partial charge in [-0.1, -0.05) is 40.5 Å². The van der Waals surface area contributed by atoms with Gasteiger partial charge in [-0.3, -0.25) is 9.47 Å². The van der Waals surface area contributed by atoms with E-state index in [1.54, 1.807) is 6.07 Å². The van der Waals surface area contributed by atoms with E-state index in [1.165, 1.54) is 0 Å². The second-order valence-corrected chi connectivity index (χ2v) is 8.85. The van der Waals surface area contributed by atoms with Crippen molar-refractivity contribution in [2.24, 2.45) is 5.16 Å². The van der Waals surface area contributed by atoms with Crippen LogP contribution in [0.25, 0.3) is 11.0 Å². The first-order chi connectivity index (χ1) is 14.6. The number of hydrogen-bond donors (Lipinski definition) is 1. The van der Waals surface area contributed by atoms with Gasteiger partial charge in [0.25, 0.3) is 0 Å². The molecule has 3 aromatic rings. The summed E-state index contributed by atoms with van der Waals surface area (Å²) in [7, 11) is 0. The van der Waals surface area contributed by atoms with Crippen LogP contribution in [0.1, 0.15) is 37.0 Å². The van der Waals surface area contributed by atoms with Gasteiger partial charge in [0.2, 0.25) is 0 Å². The summed E-state index contributed by atoms with van der Waals surface area (Å²) in [5.74, 6) is 0. The van der Waals surface area contributed by atoms with E-state index >= 15 is 0 Å². The molecule has 156 valence electrons. The molecule has 0 radical (unpaired) electrons. The number of oxime groups is 1. The third-order valence-corrected chi connectivity index (χ3v) is 6.43. The van der Waals surface area contributed by atoms with E-state index in [2.05, 4.69) is 15.0 Å². The largest absolute Gasteiger partial charge is 0.387 e. The van der Waals surface area contributed by atoms with Crippen LogP contribution in [0, 0.1) is 0 Å². The summed E-state index contributed by atoms with van der Waals surface area (Å²) in [4.78, 5) is 23.5. The molecule has 2 aromatic carbocycles. The van der Waals surface area contributed by atoms with Gasteiger partial charge in [0.05, 0.1) is 16.7 Å². The van der Waals surface area contributed by atoms with Gasteiger partial charge >= 0.3 is 5.69 Å². The van der Waals surface area contributed by atoms with Gasteiger partial charge in [0.1, 0.15) is 0 Å². The molecule has 1 fully saturated rings. The summed E-state index contributed by atoms with van der Waals surface area (Å²) in [5, 5.41) is 5.64. The Kier molecular flexibility index (Phi) is 5.31. The van der Waals surface area contributed by atoms with Crippen molar-refractivity contribution in [2.45, 2.75) is 31.4 Å². The Morgan fingerprint density at radius 2 is 1.90 bits per heavy atom. The van der Waals surface area contributed by atoms with Crippen molar-refractivity contribution >= 4 is 39.9 Å². The number of hydrogen-bond acceptors (Lipinski definition) is 4. The number of halogens is 2. The summed E-state index contributed by atoms with van der Waals surface area (Å²) in [6, 6.07) is 13.5. The van der Waals surface area contributed by atoms with E-state index in [0.29, 0.717) is 10.0 Å². The Morgan fingerprint density at radius 3 is 2.70 bits per heavy atom. The molecule has 30 heavy (non-hydrogen) atoms. The van der Waals surface area contributed by atoms with E-state index < -0.39 is 0 Å². The molecule has 1 saturated heterocycles. The van der Waals surface area contributed by atoms with Crippen LogP contribution >= 0.6 is 23.2 Å². The van der Waals surface area contributed by atoms with Crippen molar-refractivity contribution < 1.29 is 4.84 Å². The minimum absolute atomic E-state index is 0.0622. The Bertz CT molecular complexity index is 1160. The lowest BCUT2D eigenvalue weighted by Crippen LogP contribution is -2.39. The SMILES string of the molecule is O=c1[nH]c2cc(Cl)ccc2n1C1CCN(CC2=NOC(c3cccc(Cl)c3)C2)CC1. The highest BCUT2D eigenvalue weighted by molar-refractivity contribution is 6.31. The summed E-state index contributed by atoms with van der Waals surface area (Å²) in [6.45, 7) is 2.62. The highest BCUT2D eigenvalue weighted by Gasteiger charge is 2.28. The minimum Gasteiger partial charge on any atom is -0.387 e. The fourth-order valence-corrected chi connectivity index (χ4v) is 4.84. The van der Waals surface area contributed by atoms with Crippen LogP contribution in [0.5, 0.6) is 0 Å². The topological polar surface area (TPSA) is 62.6 Å². The predicted molar refractivity (Wildman–Crippen MR) is 120 cm³/mol. The summed E-state index contributed by atoms with van der Waals surface area (Å²) < 4.78 is 1.88. The number of piperidine rings is 1. The highest BCUT2D eigenvalue weighted by Crippen LogP contribution is 2.30. The maximum atomic E-state index is 12.5. The Morgan fingerprint density at radius 1 is 1.10 bits per heavy atom. The van der Waals surface area contributed by atoms with Crippen LogP contribution in [-0.4, -0.2) is 39.8 Å². The predicted octanol–water partition coefficient (Wildman–Crippen LogP) is 4.79. The first-order valence-corrected chi connectivity index (χ1v) is 10.9. The smallest absolute Gasteiger partial charge is 0.326 e. The number of aromatic nitrogens is 2. The van der Waals surface area contributed by atoms with Crippen LogP contribution in [0.15, 0.2) is 52.4 Å². The molecule has 1 aromatic heterocycles. The zero-order valence-corrected chi connectivity index (χ0v) is 17.9. The molecule has 0 amide bonds. The number of benzene rings is 2. The average Bonchev–Trinajstić information content (AvgIpc) is 3.32. The zero-order valence-electron chi connectivity index (χ0n) is 16.4. The second-order valence-electron chi connectivity index (χ2n) is 7.98. The monoisotopic (exact) mass is 444 g/mol. The Labute approximate surface area is 184 Å².